The molecule has 0 aliphatic carbocycles. The third-order valence-corrected chi connectivity index (χ3v) is 6.71. The van der Waals surface area contributed by atoms with Crippen LogP contribution in [0.15, 0.2) is 35.0 Å². The van der Waals surface area contributed by atoms with Crippen molar-refractivity contribution < 1.29 is 22.7 Å². The molecule has 0 aliphatic heterocycles. The van der Waals surface area contributed by atoms with E-state index in [1.165, 1.54) is 11.3 Å². The number of fused-ring (bicyclic) bond motifs is 1. The zero-order valence-corrected chi connectivity index (χ0v) is 17.4. The van der Waals surface area contributed by atoms with Crippen LogP contribution in [0, 0.1) is 0 Å². The molecule has 13 heteroatoms. The Kier molecular flexibility index (Phi) is 4.99. The highest BCUT2D eigenvalue weighted by molar-refractivity contribution is 7.91. The van der Waals surface area contributed by atoms with Crippen LogP contribution < -0.4 is 5.32 Å². The Morgan fingerprint density at radius 3 is 2.80 bits per heavy atom. The summed E-state index contributed by atoms with van der Waals surface area (Å²) in [7, 11) is -1.87. The average Bonchev–Trinajstić information content (AvgIpc) is 3.38. The molecule has 0 bridgehead atoms. The van der Waals surface area contributed by atoms with Gasteiger partial charge in [0.2, 0.25) is 11.8 Å². The lowest BCUT2D eigenvalue weighted by Crippen LogP contribution is -2.20. The molecule has 0 saturated heterocycles. The number of rotatable bonds is 6. The number of hydrogen-bond acceptors (Lipinski definition) is 9. The van der Waals surface area contributed by atoms with Crippen molar-refractivity contribution >= 4 is 37.5 Å². The number of sulfone groups is 1. The number of aryl methyl sites for hydroxylation is 1. The predicted octanol–water partition coefficient (Wildman–Crippen LogP) is 1.98. The van der Waals surface area contributed by atoms with Gasteiger partial charge in [0.25, 0.3) is 0 Å². The predicted molar refractivity (Wildman–Crippen MR) is 108 cm³/mol. The Bertz CT molecular complexity index is 1340. The highest BCUT2D eigenvalue weighted by Crippen LogP contribution is 2.36. The van der Waals surface area contributed by atoms with E-state index in [1.54, 1.807) is 10.9 Å². The van der Waals surface area contributed by atoms with Gasteiger partial charge in [0, 0.05) is 25.1 Å². The van der Waals surface area contributed by atoms with E-state index in [9.17, 15) is 13.2 Å². The number of benzene rings is 1. The SMILES string of the molecule is Cn1cc(-c2ccc3nc(C(c4nnc(CNC(=O)O)o4)S(C)(=O)=O)sc3c2)cn1. The van der Waals surface area contributed by atoms with Crippen LogP contribution in [0.2, 0.25) is 0 Å². The normalized spacial score (nSPS) is 12.9. The molecule has 0 aliphatic rings. The summed E-state index contributed by atoms with van der Waals surface area (Å²) >= 11 is 1.22. The number of carbonyl (C=O) groups is 1. The molecule has 3 aromatic heterocycles. The standard InChI is InChI=1S/C17H16N6O5S2/c1-23-8-10(6-19-23)9-3-4-11-12(5-9)29-16(20-11)14(30(2,26)27)15-22-21-13(28-15)7-18-17(24)25/h3-6,8,14,18H,7H2,1-2H3,(H,24,25). The van der Waals surface area contributed by atoms with Gasteiger partial charge in [0.1, 0.15) is 5.01 Å². The van der Waals surface area contributed by atoms with Crippen LogP contribution >= 0.6 is 11.3 Å². The first-order valence-corrected chi connectivity index (χ1v) is 11.4. The van der Waals surface area contributed by atoms with Crippen LogP contribution in [-0.2, 0) is 23.4 Å². The van der Waals surface area contributed by atoms with E-state index >= 15 is 0 Å². The van der Waals surface area contributed by atoms with Gasteiger partial charge >= 0.3 is 6.09 Å². The minimum atomic E-state index is -3.69. The quantitative estimate of drug-likeness (QED) is 0.451. The second-order valence-electron chi connectivity index (χ2n) is 6.54. The number of carboxylic acid groups (broad SMARTS) is 1. The van der Waals surface area contributed by atoms with Crippen molar-refractivity contribution in [2.45, 2.75) is 11.8 Å². The van der Waals surface area contributed by atoms with E-state index in [4.69, 9.17) is 9.52 Å². The van der Waals surface area contributed by atoms with Gasteiger partial charge in [-0.05, 0) is 17.7 Å². The molecule has 0 fully saturated rings. The highest BCUT2D eigenvalue weighted by atomic mass is 32.2. The van der Waals surface area contributed by atoms with Gasteiger partial charge in [-0.2, -0.15) is 5.10 Å². The van der Waals surface area contributed by atoms with Gasteiger partial charge in [-0.15, -0.1) is 21.5 Å². The molecule has 4 rings (SSSR count). The largest absolute Gasteiger partial charge is 0.465 e. The highest BCUT2D eigenvalue weighted by Gasteiger charge is 2.33. The van der Waals surface area contributed by atoms with Crippen molar-refractivity contribution in [3.8, 4) is 11.1 Å². The molecule has 3 heterocycles. The Morgan fingerprint density at radius 2 is 2.13 bits per heavy atom. The van der Waals surface area contributed by atoms with Crippen molar-refractivity contribution in [1.29, 1.82) is 0 Å². The van der Waals surface area contributed by atoms with Crippen LogP contribution in [0.4, 0.5) is 4.79 Å². The Morgan fingerprint density at radius 1 is 1.33 bits per heavy atom. The summed E-state index contributed by atoms with van der Waals surface area (Å²) in [5.74, 6) is -0.202. The number of nitrogens with zero attached hydrogens (tertiary/aromatic N) is 5. The summed E-state index contributed by atoms with van der Waals surface area (Å²) in [6.45, 7) is -0.229. The first-order valence-electron chi connectivity index (χ1n) is 8.58. The second kappa shape index (κ2) is 7.50. The molecule has 11 nitrogen and oxygen atoms in total. The van der Waals surface area contributed by atoms with Crippen LogP contribution in [0.5, 0.6) is 0 Å². The van der Waals surface area contributed by atoms with Gasteiger partial charge in [-0.25, -0.2) is 18.2 Å². The summed E-state index contributed by atoms with van der Waals surface area (Å²) < 4.78 is 32.9. The van der Waals surface area contributed by atoms with Crippen LogP contribution in [-0.4, -0.2) is 50.8 Å². The fourth-order valence-corrected chi connectivity index (χ4v) is 5.40. The number of thiazole rings is 1. The number of hydrogen-bond donors (Lipinski definition) is 2. The summed E-state index contributed by atoms with van der Waals surface area (Å²) in [6.07, 6.45) is 3.43. The summed E-state index contributed by atoms with van der Waals surface area (Å²) in [4.78, 5) is 15.1. The molecular formula is C17H16N6O5S2. The van der Waals surface area contributed by atoms with Crippen LogP contribution in [0.1, 0.15) is 22.0 Å². The monoisotopic (exact) mass is 448 g/mol. The zero-order valence-electron chi connectivity index (χ0n) is 15.8. The van der Waals surface area contributed by atoms with Gasteiger partial charge in [0.15, 0.2) is 15.1 Å². The van der Waals surface area contributed by atoms with Crippen molar-refractivity contribution in [3.63, 3.8) is 0 Å². The zero-order chi connectivity index (χ0) is 21.5. The number of nitrogens with one attached hydrogen (secondary N) is 1. The van der Waals surface area contributed by atoms with E-state index < -0.39 is 21.2 Å². The summed E-state index contributed by atoms with van der Waals surface area (Å²) in [5.41, 5.74) is 2.51. The maximum absolute atomic E-state index is 12.5. The molecule has 2 N–H and O–H groups in total. The first-order chi connectivity index (χ1) is 14.2. The van der Waals surface area contributed by atoms with Crippen LogP contribution in [0.3, 0.4) is 0 Å². The Hall–Kier alpha value is -3.32. The lowest BCUT2D eigenvalue weighted by Gasteiger charge is -2.07. The maximum atomic E-state index is 12.5. The van der Waals surface area contributed by atoms with Crippen LogP contribution in [0.25, 0.3) is 21.3 Å². The first kappa shape index (κ1) is 20.0. The molecule has 0 radical (unpaired) electrons. The van der Waals surface area contributed by atoms with Crippen molar-refractivity contribution in [1.82, 2.24) is 30.3 Å². The van der Waals surface area contributed by atoms with Gasteiger partial charge in [-0.1, -0.05) is 6.07 Å². The molecule has 156 valence electrons. The summed E-state index contributed by atoms with van der Waals surface area (Å²) in [5, 5.41) is 21.5. The molecule has 1 aromatic carbocycles. The lowest BCUT2D eigenvalue weighted by atomic mass is 10.1. The third-order valence-electron chi connectivity index (χ3n) is 4.19. The van der Waals surface area contributed by atoms with Crippen molar-refractivity contribution in [2.24, 2.45) is 7.05 Å². The van der Waals surface area contributed by atoms with E-state index in [1.807, 2.05) is 31.4 Å². The third kappa shape index (κ3) is 4.02. The minimum absolute atomic E-state index is 0.0407. The molecule has 1 unspecified atom stereocenters. The maximum Gasteiger partial charge on any atom is 0.405 e. The van der Waals surface area contributed by atoms with Gasteiger partial charge in [0.05, 0.1) is 23.0 Å². The number of amides is 1. The second-order valence-corrected chi connectivity index (χ2v) is 9.73. The molecule has 1 atom stereocenters. The number of aromatic nitrogens is 5. The minimum Gasteiger partial charge on any atom is -0.465 e. The van der Waals surface area contributed by atoms with Gasteiger partial charge < -0.3 is 14.8 Å². The fraction of sp³-hybridized carbons (Fsp3) is 0.235. The molecular weight excluding hydrogens is 432 g/mol. The topological polar surface area (TPSA) is 153 Å². The van der Waals surface area contributed by atoms with Gasteiger partial charge in [-0.3, -0.25) is 4.68 Å². The van der Waals surface area contributed by atoms with Crippen molar-refractivity contribution in [3.05, 3.63) is 47.4 Å². The Balaban J connectivity index is 1.72. The molecule has 30 heavy (non-hydrogen) atoms. The lowest BCUT2D eigenvalue weighted by molar-refractivity contribution is 0.192. The van der Waals surface area contributed by atoms with E-state index in [0.717, 1.165) is 22.1 Å². The molecule has 0 spiro atoms. The molecule has 4 aromatic rings. The van der Waals surface area contributed by atoms with E-state index in [-0.39, 0.29) is 23.3 Å². The van der Waals surface area contributed by atoms with E-state index in [0.29, 0.717) is 5.52 Å². The molecule has 1 amide bonds. The fourth-order valence-electron chi connectivity index (χ4n) is 2.87. The molecule has 0 saturated carbocycles. The Labute approximate surface area is 174 Å². The summed E-state index contributed by atoms with van der Waals surface area (Å²) in [6, 6.07) is 5.62. The average molecular weight is 448 g/mol. The van der Waals surface area contributed by atoms with E-state index in [2.05, 4.69) is 25.6 Å². The van der Waals surface area contributed by atoms with Crippen molar-refractivity contribution in [2.75, 3.05) is 6.26 Å². The smallest absolute Gasteiger partial charge is 0.405 e.